The zero-order valence-corrected chi connectivity index (χ0v) is 15.1. The van der Waals surface area contributed by atoms with Gasteiger partial charge in [-0.05, 0) is 43.2 Å². The zero-order valence-electron chi connectivity index (χ0n) is 15.1. The second-order valence-electron chi connectivity index (χ2n) is 6.45. The van der Waals surface area contributed by atoms with Gasteiger partial charge >= 0.3 is 0 Å². The number of carbonyl (C=O) groups excluding carboxylic acids is 1. The van der Waals surface area contributed by atoms with Crippen LogP contribution in [0, 0.1) is 13.8 Å². The van der Waals surface area contributed by atoms with Crippen molar-refractivity contribution < 1.29 is 4.79 Å². The standard InChI is InChI=1S/C21H19N5O/c1-13-7-8-15(9-14(13)2)19-10-20(25-24-19)21(27)26-23-12-16-11-22-18-6-4-3-5-17(16)18/h3-12,22H,1-2H3,(H,24,25)(H,26,27)/b23-12+. The molecule has 6 heteroatoms. The maximum Gasteiger partial charge on any atom is 0.289 e. The highest BCUT2D eigenvalue weighted by molar-refractivity contribution is 6.00. The SMILES string of the molecule is Cc1ccc(-c2cc(C(=O)N/N=C/c3c[nH]c4ccccc34)[nH]n2)cc1C. The summed E-state index contributed by atoms with van der Waals surface area (Å²) in [4.78, 5) is 15.5. The van der Waals surface area contributed by atoms with E-state index in [9.17, 15) is 4.79 Å². The lowest BCUT2D eigenvalue weighted by Crippen LogP contribution is -2.17. The van der Waals surface area contributed by atoms with Crippen LogP contribution in [0.5, 0.6) is 0 Å². The van der Waals surface area contributed by atoms with Gasteiger partial charge in [-0.1, -0.05) is 30.3 Å². The molecule has 2 heterocycles. The van der Waals surface area contributed by atoms with Crippen LogP contribution in [0.1, 0.15) is 27.2 Å². The van der Waals surface area contributed by atoms with E-state index in [1.165, 1.54) is 11.1 Å². The molecule has 0 fully saturated rings. The Morgan fingerprint density at radius 3 is 2.81 bits per heavy atom. The summed E-state index contributed by atoms with van der Waals surface area (Å²) in [6.07, 6.45) is 3.48. The number of nitrogens with one attached hydrogen (secondary N) is 3. The van der Waals surface area contributed by atoms with Crippen LogP contribution in [-0.2, 0) is 0 Å². The molecule has 2 aromatic carbocycles. The Balaban J connectivity index is 1.47. The monoisotopic (exact) mass is 357 g/mol. The minimum atomic E-state index is -0.339. The third kappa shape index (κ3) is 3.37. The van der Waals surface area contributed by atoms with Crippen LogP contribution >= 0.6 is 0 Å². The number of hydrogen-bond donors (Lipinski definition) is 3. The average Bonchev–Trinajstić information content (AvgIpc) is 3.32. The van der Waals surface area contributed by atoms with E-state index in [2.05, 4.69) is 45.6 Å². The van der Waals surface area contributed by atoms with Crippen molar-refractivity contribution in [3.8, 4) is 11.3 Å². The molecule has 0 radical (unpaired) electrons. The van der Waals surface area contributed by atoms with Crippen LogP contribution in [0.2, 0.25) is 0 Å². The zero-order chi connectivity index (χ0) is 18.8. The lowest BCUT2D eigenvalue weighted by atomic mass is 10.0. The van der Waals surface area contributed by atoms with Crippen LogP contribution in [0.3, 0.4) is 0 Å². The van der Waals surface area contributed by atoms with Crippen LogP contribution in [0.25, 0.3) is 22.2 Å². The number of nitrogens with zero attached hydrogens (tertiary/aromatic N) is 2. The van der Waals surface area contributed by atoms with Gasteiger partial charge in [0.05, 0.1) is 11.9 Å². The topological polar surface area (TPSA) is 85.9 Å². The predicted molar refractivity (Wildman–Crippen MR) is 107 cm³/mol. The van der Waals surface area contributed by atoms with E-state index in [-0.39, 0.29) is 5.91 Å². The molecule has 0 aliphatic heterocycles. The number of rotatable bonds is 4. The Morgan fingerprint density at radius 1 is 1.11 bits per heavy atom. The lowest BCUT2D eigenvalue weighted by Gasteiger charge is -2.01. The fourth-order valence-corrected chi connectivity index (χ4v) is 2.91. The third-order valence-electron chi connectivity index (χ3n) is 4.62. The third-order valence-corrected chi connectivity index (χ3v) is 4.62. The first kappa shape index (κ1) is 16.8. The number of hydrazone groups is 1. The van der Waals surface area contributed by atoms with E-state index in [1.54, 1.807) is 12.3 Å². The van der Waals surface area contributed by atoms with Crippen molar-refractivity contribution >= 4 is 23.0 Å². The smallest absolute Gasteiger partial charge is 0.289 e. The van der Waals surface area contributed by atoms with Crippen LogP contribution in [0.15, 0.2) is 59.8 Å². The summed E-state index contributed by atoms with van der Waals surface area (Å²) >= 11 is 0. The average molecular weight is 357 g/mol. The van der Waals surface area contributed by atoms with Gasteiger partial charge in [0.25, 0.3) is 5.91 Å². The molecule has 134 valence electrons. The summed E-state index contributed by atoms with van der Waals surface area (Å²) in [5.41, 5.74) is 8.93. The number of aromatic nitrogens is 3. The number of H-pyrrole nitrogens is 2. The summed E-state index contributed by atoms with van der Waals surface area (Å²) in [7, 11) is 0. The second kappa shape index (κ2) is 6.92. The minimum Gasteiger partial charge on any atom is -0.361 e. The molecule has 0 aliphatic carbocycles. The predicted octanol–water partition coefficient (Wildman–Crippen LogP) is 3.94. The molecular formula is C21H19N5O. The Hall–Kier alpha value is -3.67. The van der Waals surface area contributed by atoms with E-state index < -0.39 is 0 Å². The summed E-state index contributed by atoms with van der Waals surface area (Å²) in [6.45, 7) is 4.12. The normalized spacial score (nSPS) is 11.3. The van der Waals surface area contributed by atoms with Crippen LogP contribution < -0.4 is 5.43 Å². The van der Waals surface area contributed by atoms with Gasteiger partial charge < -0.3 is 4.98 Å². The van der Waals surface area contributed by atoms with Crippen molar-refractivity contribution in [2.45, 2.75) is 13.8 Å². The molecule has 4 rings (SSSR count). The van der Waals surface area contributed by atoms with Crippen molar-refractivity contribution in [1.29, 1.82) is 0 Å². The van der Waals surface area contributed by atoms with E-state index in [4.69, 9.17) is 0 Å². The number of para-hydroxylation sites is 1. The van der Waals surface area contributed by atoms with Gasteiger partial charge in [-0.3, -0.25) is 9.89 Å². The number of benzene rings is 2. The number of carbonyl (C=O) groups is 1. The van der Waals surface area contributed by atoms with Crippen LogP contribution in [-0.4, -0.2) is 27.3 Å². The largest absolute Gasteiger partial charge is 0.361 e. The molecule has 0 saturated carbocycles. The van der Waals surface area contributed by atoms with Crippen molar-refractivity contribution in [2.75, 3.05) is 0 Å². The Bertz CT molecular complexity index is 1150. The van der Waals surface area contributed by atoms with Crippen molar-refractivity contribution in [3.05, 3.63) is 77.1 Å². The quantitative estimate of drug-likeness (QED) is 0.382. The lowest BCUT2D eigenvalue weighted by molar-refractivity contribution is 0.0950. The molecule has 3 N–H and O–H groups in total. The summed E-state index contributed by atoms with van der Waals surface area (Å²) < 4.78 is 0. The van der Waals surface area contributed by atoms with Gasteiger partial charge in [0.2, 0.25) is 0 Å². The van der Waals surface area contributed by atoms with Crippen molar-refractivity contribution in [1.82, 2.24) is 20.6 Å². The first-order valence-electron chi connectivity index (χ1n) is 8.64. The van der Waals surface area contributed by atoms with Gasteiger partial charge in [-0.2, -0.15) is 10.2 Å². The Labute approximate surface area is 156 Å². The van der Waals surface area contributed by atoms with Gasteiger partial charge in [-0.25, -0.2) is 5.43 Å². The second-order valence-corrected chi connectivity index (χ2v) is 6.45. The number of aryl methyl sites for hydroxylation is 2. The summed E-state index contributed by atoms with van der Waals surface area (Å²) in [5.74, 6) is -0.339. The van der Waals surface area contributed by atoms with E-state index >= 15 is 0 Å². The number of amides is 1. The minimum absolute atomic E-state index is 0.339. The van der Waals surface area contributed by atoms with E-state index in [0.717, 1.165) is 27.7 Å². The molecule has 0 bridgehead atoms. The molecule has 0 atom stereocenters. The Kier molecular flexibility index (Phi) is 4.30. The fourth-order valence-electron chi connectivity index (χ4n) is 2.91. The molecule has 2 aromatic heterocycles. The summed E-state index contributed by atoms with van der Waals surface area (Å²) in [5, 5.41) is 12.1. The molecule has 0 saturated heterocycles. The fraction of sp³-hybridized carbons (Fsp3) is 0.0952. The summed E-state index contributed by atoms with van der Waals surface area (Å²) in [6, 6.07) is 15.7. The molecule has 0 aliphatic rings. The molecular weight excluding hydrogens is 338 g/mol. The van der Waals surface area contributed by atoms with Gasteiger partial charge in [0, 0.05) is 28.2 Å². The Morgan fingerprint density at radius 2 is 1.96 bits per heavy atom. The van der Waals surface area contributed by atoms with Crippen LogP contribution in [0.4, 0.5) is 0 Å². The highest BCUT2D eigenvalue weighted by Crippen LogP contribution is 2.21. The molecule has 1 amide bonds. The van der Waals surface area contributed by atoms with Crippen molar-refractivity contribution in [2.24, 2.45) is 5.10 Å². The first-order chi connectivity index (χ1) is 13.1. The van der Waals surface area contributed by atoms with Gasteiger partial charge in [0.15, 0.2) is 0 Å². The maximum absolute atomic E-state index is 12.3. The molecule has 0 unspecified atom stereocenters. The molecule has 4 aromatic rings. The van der Waals surface area contributed by atoms with Gasteiger partial charge in [0.1, 0.15) is 5.69 Å². The van der Waals surface area contributed by atoms with E-state index in [0.29, 0.717) is 5.69 Å². The molecule has 0 spiro atoms. The number of aromatic amines is 2. The number of fused-ring (bicyclic) bond motifs is 1. The highest BCUT2D eigenvalue weighted by Gasteiger charge is 2.11. The highest BCUT2D eigenvalue weighted by atomic mass is 16.2. The van der Waals surface area contributed by atoms with Gasteiger partial charge in [-0.15, -0.1) is 0 Å². The first-order valence-corrected chi connectivity index (χ1v) is 8.64. The maximum atomic E-state index is 12.3. The number of hydrogen-bond acceptors (Lipinski definition) is 3. The molecule has 6 nitrogen and oxygen atoms in total. The molecule has 27 heavy (non-hydrogen) atoms. The van der Waals surface area contributed by atoms with E-state index in [1.807, 2.05) is 42.6 Å². The van der Waals surface area contributed by atoms with Crippen molar-refractivity contribution in [3.63, 3.8) is 0 Å².